The molecule has 2 aromatic carbocycles. The molecule has 7 nitrogen and oxygen atoms in total. The van der Waals surface area contributed by atoms with Gasteiger partial charge in [0, 0.05) is 7.05 Å². The lowest BCUT2D eigenvalue weighted by Crippen LogP contribution is -2.30. The van der Waals surface area contributed by atoms with E-state index in [2.05, 4.69) is 0 Å². The molecule has 0 aliphatic carbocycles. The van der Waals surface area contributed by atoms with Gasteiger partial charge in [-0.25, -0.2) is 13.2 Å². The number of anilines is 1. The van der Waals surface area contributed by atoms with Crippen molar-refractivity contribution in [2.75, 3.05) is 11.4 Å². The second-order valence-electron chi connectivity index (χ2n) is 5.79. The third kappa shape index (κ3) is 4.20. The van der Waals surface area contributed by atoms with Crippen LogP contribution in [0.2, 0.25) is 0 Å². The van der Waals surface area contributed by atoms with Crippen molar-refractivity contribution in [3.63, 3.8) is 0 Å². The fraction of sp³-hybridized carbons (Fsp3) is 0.222. The average Bonchev–Trinajstić information content (AvgIpc) is 2.61. The summed E-state index contributed by atoms with van der Waals surface area (Å²) in [5, 5.41) is 0. The highest BCUT2D eigenvalue weighted by atomic mass is 32.2. The molecule has 0 radical (unpaired) electrons. The van der Waals surface area contributed by atoms with Crippen LogP contribution in [0.4, 0.5) is 5.69 Å². The summed E-state index contributed by atoms with van der Waals surface area (Å²) in [4.78, 5) is 23.0. The molecule has 0 saturated heterocycles. The highest BCUT2D eigenvalue weighted by molar-refractivity contribution is 7.92. The minimum absolute atomic E-state index is 0.0106. The van der Waals surface area contributed by atoms with Gasteiger partial charge in [0.25, 0.3) is 15.9 Å². The van der Waals surface area contributed by atoms with Crippen LogP contribution >= 0.6 is 0 Å². The van der Waals surface area contributed by atoms with Crippen molar-refractivity contribution in [1.82, 2.24) is 0 Å². The van der Waals surface area contributed by atoms with E-state index >= 15 is 0 Å². The first-order valence-electron chi connectivity index (χ1n) is 7.79. The topological polar surface area (TPSA) is 107 Å². The molecule has 2 aromatic rings. The molecule has 8 heteroatoms. The molecule has 0 saturated carbocycles. The number of ether oxygens (including phenoxy) is 1. The number of hydrogen-bond acceptors (Lipinski definition) is 5. The Morgan fingerprint density at radius 3 is 2.31 bits per heavy atom. The molecule has 0 spiro atoms. The van der Waals surface area contributed by atoms with Gasteiger partial charge in [-0.05, 0) is 44.2 Å². The minimum Gasteiger partial charge on any atom is -0.449 e. The number of carbonyl (C=O) groups is 2. The van der Waals surface area contributed by atoms with E-state index < -0.39 is 28.0 Å². The standard InChI is InChI=1S/C18H20N2O5S/c1-12-7-9-15(10-8-12)20(3)26(23,24)16-6-4-5-14(11-16)18(22)25-13(2)17(19)21/h4-11,13H,1-3H3,(H2,19,21). The highest BCUT2D eigenvalue weighted by Crippen LogP contribution is 2.23. The molecule has 2 rings (SSSR count). The van der Waals surface area contributed by atoms with Crippen molar-refractivity contribution in [2.24, 2.45) is 5.73 Å². The van der Waals surface area contributed by atoms with Crippen molar-refractivity contribution in [2.45, 2.75) is 24.8 Å². The SMILES string of the molecule is Cc1ccc(N(C)S(=O)(=O)c2cccc(C(=O)OC(C)C(N)=O)c2)cc1. The maximum Gasteiger partial charge on any atom is 0.338 e. The fourth-order valence-corrected chi connectivity index (χ4v) is 3.36. The molecule has 0 aliphatic heterocycles. The quantitative estimate of drug-likeness (QED) is 0.774. The third-order valence-corrected chi connectivity index (χ3v) is 5.59. The zero-order valence-electron chi connectivity index (χ0n) is 14.7. The molecule has 0 heterocycles. The summed E-state index contributed by atoms with van der Waals surface area (Å²) < 4.78 is 31.7. The summed E-state index contributed by atoms with van der Waals surface area (Å²) in [5.74, 6) is -1.62. The maximum atomic E-state index is 12.8. The predicted molar refractivity (Wildman–Crippen MR) is 97.3 cm³/mol. The summed E-state index contributed by atoms with van der Waals surface area (Å²) in [6.07, 6.45) is -1.11. The number of hydrogen-bond donors (Lipinski definition) is 1. The minimum atomic E-state index is -3.87. The van der Waals surface area contributed by atoms with Crippen molar-refractivity contribution in [3.05, 3.63) is 59.7 Å². The lowest BCUT2D eigenvalue weighted by atomic mass is 10.2. The Bertz CT molecular complexity index is 923. The number of nitrogens with two attached hydrogens (primary N) is 1. The molecule has 2 N–H and O–H groups in total. The van der Waals surface area contributed by atoms with Crippen molar-refractivity contribution >= 4 is 27.6 Å². The van der Waals surface area contributed by atoms with Crippen LogP contribution in [0.15, 0.2) is 53.4 Å². The van der Waals surface area contributed by atoms with Gasteiger partial charge < -0.3 is 10.5 Å². The second kappa shape index (κ2) is 7.57. The van der Waals surface area contributed by atoms with Crippen molar-refractivity contribution in [1.29, 1.82) is 0 Å². The predicted octanol–water partition coefficient (Wildman–Crippen LogP) is 1.85. The van der Waals surface area contributed by atoms with E-state index in [4.69, 9.17) is 10.5 Å². The number of amides is 1. The van der Waals surface area contributed by atoms with Gasteiger partial charge in [-0.3, -0.25) is 9.10 Å². The number of esters is 1. The van der Waals surface area contributed by atoms with Crippen LogP contribution in [0.3, 0.4) is 0 Å². The summed E-state index contributed by atoms with van der Waals surface area (Å²) in [5.41, 5.74) is 6.57. The van der Waals surface area contributed by atoms with Gasteiger partial charge in [0.05, 0.1) is 16.1 Å². The molecule has 26 heavy (non-hydrogen) atoms. The molecule has 1 amide bonds. The lowest BCUT2D eigenvalue weighted by Gasteiger charge is -2.20. The number of carbonyl (C=O) groups excluding carboxylic acids is 2. The molecular formula is C18H20N2O5S. The molecule has 0 aromatic heterocycles. The zero-order chi connectivity index (χ0) is 19.5. The summed E-state index contributed by atoms with van der Waals surface area (Å²) in [6.45, 7) is 3.24. The normalized spacial score (nSPS) is 12.3. The van der Waals surface area contributed by atoms with Crippen LogP contribution in [0.1, 0.15) is 22.8 Å². The number of nitrogens with zero attached hydrogens (tertiary/aromatic N) is 1. The highest BCUT2D eigenvalue weighted by Gasteiger charge is 2.23. The summed E-state index contributed by atoms with van der Waals surface area (Å²) in [7, 11) is -2.44. The van der Waals surface area contributed by atoms with Crippen LogP contribution in [0, 0.1) is 6.92 Å². The van der Waals surface area contributed by atoms with Crippen molar-refractivity contribution in [3.8, 4) is 0 Å². The first-order chi connectivity index (χ1) is 12.1. The number of benzene rings is 2. The molecule has 138 valence electrons. The average molecular weight is 376 g/mol. The van der Waals surface area contributed by atoms with Gasteiger partial charge in [0.2, 0.25) is 0 Å². The first kappa shape index (κ1) is 19.5. The molecular weight excluding hydrogens is 356 g/mol. The monoisotopic (exact) mass is 376 g/mol. The smallest absolute Gasteiger partial charge is 0.338 e. The molecule has 0 bridgehead atoms. The Hall–Kier alpha value is -2.87. The Balaban J connectivity index is 2.31. The van der Waals surface area contributed by atoms with Crippen LogP contribution < -0.4 is 10.0 Å². The second-order valence-corrected chi connectivity index (χ2v) is 7.76. The number of rotatable bonds is 6. The molecule has 0 fully saturated rings. The van der Waals surface area contributed by atoms with Crippen LogP contribution in [0.5, 0.6) is 0 Å². The van der Waals surface area contributed by atoms with E-state index in [1.165, 1.54) is 38.2 Å². The van der Waals surface area contributed by atoms with Gasteiger partial charge in [-0.15, -0.1) is 0 Å². The summed E-state index contributed by atoms with van der Waals surface area (Å²) >= 11 is 0. The van der Waals surface area contributed by atoms with Gasteiger partial charge in [0.15, 0.2) is 6.10 Å². The van der Waals surface area contributed by atoms with Gasteiger partial charge in [-0.1, -0.05) is 23.8 Å². The van der Waals surface area contributed by atoms with Crippen LogP contribution in [0.25, 0.3) is 0 Å². The zero-order valence-corrected chi connectivity index (χ0v) is 15.5. The summed E-state index contributed by atoms with van der Waals surface area (Å²) in [6, 6.07) is 12.4. The molecule has 0 aliphatic rings. The number of sulfonamides is 1. The lowest BCUT2D eigenvalue weighted by molar-refractivity contribution is -0.125. The van der Waals surface area contributed by atoms with Gasteiger partial charge in [0.1, 0.15) is 0 Å². The van der Waals surface area contributed by atoms with E-state index in [1.54, 1.807) is 24.3 Å². The number of primary amides is 1. The van der Waals surface area contributed by atoms with E-state index in [9.17, 15) is 18.0 Å². The van der Waals surface area contributed by atoms with E-state index in [0.29, 0.717) is 5.69 Å². The Kier molecular flexibility index (Phi) is 5.66. The van der Waals surface area contributed by atoms with E-state index in [1.807, 2.05) is 6.92 Å². The Labute approximate surface area is 152 Å². The molecule has 1 atom stereocenters. The largest absolute Gasteiger partial charge is 0.449 e. The van der Waals surface area contributed by atoms with Crippen molar-refractivity contribution < 1.29 is 22.7 Å². The fourth-order valence-electron chi connectivity index (χ4n) is 2.12. The third-order valence-electron chi connectivity index (χ3n) is 3.81. The number of aryl methyl sites for hydroxylation is 1. The molecule has 1 unspecified atom stereocenters. The van der Waals surface area contributed by atoms with Crippen LogP contribution in [-0.2, 0) is 19.6 Å². The first-order valence-corrected chi connectivity index (χ1v) is 9.23. The van der Waals surface area contributed by atoms with Gasteiger partial charge >= 0.3 is 5.97 Å². The Morgan fingerprint density at radius 1 is 1.12 bits per heavy atom. The van der Waals surface area contributed by atoms with Gasteiger partial charge in [-0.2, -0.15) is 0 Å². The van der Waals surface area contributed by atoms with Crippen LogP contribution in [-0.4, -0.2) is 33.4 Å². The van der Waals surface area contributed by atoms with E-state index in [0.717, 1.165) is 9.87 Å². The Morgan fingerprint density at radius 2 is 1.73 bits per heavy atom. The maximum absolute atomic E-state index is 12.8. The van der Waals surface area contributed by atoms with E-state index in [-0.39, 0.29) is 10.5 Å².